The lowest BCUT2D eigenvalue weighted by Crippen LogP contribution is -2.60. The number of carbonyl (C=O) groups excluding carboxylic acids is 1. The summed E-state index contributed by atoms with van der Waals surface area (Å²) < 4.78 is 11.3. The van der Waals surface area contributed by atoms with Gasteiger partial charge in [-0.05, 0) is 38.5 Å². The zero-order chi connectivity index (χ0) is 43.0. The van der Waals surface area contributed by atoms with Crippen molar-refractivity contribution in [1.82, 2.24) is 5.32 Å². The first-order chi connectivity index (χ1) is 28.8. The highest BCUT2D eigenvalue weighted by atomic mass is 16.7. The third-order valence-electron chi connectivity index (χ3n) is 12.4. The number of unbranched alkanes of at least 4 members (excludes halogenated alkanes) is 31. The van der Waals surface area contributed by atoms with Crippen LogP contribution in [0.4, 0.5) is 0 Å². The summed E-state index contributed by atoms with van der Waals surface area (Å²) in [6.45, 7) is 3.83. The third kappa shape index (κ3) is 31.4. The third-order valence-corrected chi connectivity index (χ3v) is 12.4. The first kappa shape index (κ1) is 55.9. The molecule has 7 atom stereocenters. The molecule has 0 saturated carbocycles. The Labute approximate surface area is 363 Å². The zero-order valence-electron chi connectivity index (χ0n) is 38.5. The molecule has 1 amide bonds. The molecular weight excluding hydrogens is 743 g/mol. The molecule has 0 radical (unpaired) electrons. The molecule has 6 N–H and O–H groups in total. The van der Waals surface area contributed by atoms with Crippen molar-refractivity contribution in [2.24, 2.45) is 0 Å². The van der Waals surface area contributed by atoms with Crippen molar-refractivity contribution < 1.29 is 39.8 Å². The molecule has 9 heteroatoms. The van der Waals surface area contributed by atoms with E-state index >= 15 is 0 Å². The second-order valence-corrected chi connectivity index (χ2v) is 18.0. The van der Waals surface area contributed by atoms with E-state index in [1.807, 2.05) is 0 Å². The highest BCUT2D eigenvalue weighted by molar-refractivity contribution is 5.76. The van der Waals surface area contributed by atoms with E-state index in [0.29, 0.717) is 12.8 Å². The van der Waals surface area contributed by atoms with Gasteiger partial charge in [0.15, 0.2) is 6.29 Å². The summed E-state index contributed by atoms with van der Waals surface area (Å²) in [7, 11) is 0. The maximum atomic E-state index is 13.0. The predicted octanol–water partition coefficient (Wildman–Crippen LogP) is 11.3. The fourth-order valence-corrected chi connectivity index (χ4v) is 8.27. The number of allylic oxidation sites excluding steroid dienone is 2. The second-order valence-electron chi connectivity index (χ2n) is 18.0. The first-order valence-electron chi connectivity index (χ1n) is 25.4. The minimum absolute atomic E-state index is 0.141. The summed E-state index contributed by atoms with van der Waals surface area (Å²) in [5.74, 6) is -0.158. The summed E-state index contributed by atoms with van der Waals surface area (Å²) in [6, 6.07) is -0.723. The van der Waals surface area contributed by atoms with Gasteiger partial charge in [0.1, 0.15) is 24.4 Å². The van der Waals surface area contributed by atoms with E-state index in [4.69, 9.17) is 9.47 Å². The van der Waals surface area contributed by atoms with Crippen molar-refractivity contribution in [3.05, 3.63) is 12.2 Å². The Morgan fingerprint density at radius 1 is 0.559 bits per heavy atom. The standard InChI is InChI=1S/C50H97NO8/c1-3-5-7-9-11-13-15-17-18-19-20-21-22-23-24-25-26-28-29-31-33-35-37-39-44(53)43(42-58-50-49(57)48(56)47(55)45(41-52)59-50)51-46(54)40-38-36-34-32-30-27-16-14-12-10-8-6-4-2/h27,30,43-45,47-50,52-53,55-57H,3-26,28-29,31-42H2,1-2H3,(H,51,54)/b30-27-. The summed E-state index contributed by atoms with van der Waals surface area (Å²) in [5, 5.41) is 54.4. The molecule has 1 aliphatic rings. The molecule has 0 bridgehead atoms. The van der Waals surface area contributed by atoms with Crippen LogP contribution in [0.1, 0.15) is 245 Å². The molecule has 0 aromatic carbocycles. The predicted molar refractivity (Wildman–Crippen MR) is 244 cm³/mol. The first-order valence-corrected chi connectivity index (χ1v) is 25.4. The van der Waals surface area contributed by atoms with Gasteiger partial charge in [-0.2, -0.15) is 0 Å². The second kappa shape index (κ2) is 41.0. The van der Waals surface area contributed by atoms with Crippen LogP contribution in [-0.4, -0.2) is 87.5 Å². The van der Waals surface area contributed by atoms with Crippen molar-refractivity contribution >= 4 is 5.91 Å². The zero-order valence-corrected chi connectivity index (χ0v) is 38.5. The number of rotatable bonds is 43. The Balaban J connectivity index is 2.24. The van der Waals surface area contributed by atoms with Crippen LogP contribution in [0.5, 0.6) is 0 Å². The number of hydrogen-bond acceptors (Lipinski definition) is 8. The lowest BCUT2D eigenvalue weighted by Gasteiger charge is -2.40. The van der Waals surface area contributed by atoms with Gasteiger partial charge in [-0.3, -0.25) is 4.79 Å². The van der Waals surface area contributed by atoms with Crippen molar-refractivity contribution in [2.45, 2.75) is 288 Å². The van der Waals surface area contributed by atoms with Gasteiger partial charge < -0.3 is 40.3 Å². The Morgan fingerprint density at radius 2 is 0.949 bits per heavy atom. The highest BCUT2D eigenvalue weighted by Crippen LogP contribution is 2.23. The summed E-state index contributed by atoms with van der Waals surface area (Å²) in [4.78, 5) is 13.0. The van der Waals surface area contributed by atoms with Crippen LogP contribution < -0.4 is 5.32 Å². The van der Waals surface area contributed by atoms with Gasteiger partial charge in [0.05, 0.1) is 25.4 Å². The average Bonchev–Trinajstić information content (AvgIpc) is 3.23. The molecule has 0 aliphatic carbocycles. The normalized spacial score (nSPS) is 20.7. The fourth-order valence-electron chi connectivity index (χ4n) is 8.27. The van der Waals surface area contributed by atoms with E-state index in [0.717, 1.165) is 51.4 Å². The maximum absolute atomic E-state index is 13.0. The molecule has 1 saturated heterocycles. The highest BCUT2D eigenvalue weighted by Gasteiger charge is 2.44. The molecule has 0 aromatic rings. The Hall–Kier alpha value is -1.07. The molecule has 9 nitrogen and oxygen atoms in total. The van der Waals surface area contributed by atoms with Gasteiger partial charge in [-0.25, -0.2) is 0 Å². The van der Waals surface area contributed by atoms with Crippen molar-refractivity contribution in [3.8, 4) is 0 Å². The SMILES string of the molecule is CCCCCCCC/C=C\CCCCCC(=O)NC(COC1OC(CO)C(O)C(O)C1O)C(O)CCCCCCCCCCCCCCCCCCCCCCCCC. The number of hydrogen-bond donors (Lipinski definition) is 6. The summed E-state index contributed by atoms with van der Waals surface area (Å²) in [5.41, 5.74) is 0. The van der Waals surface area contributed by atoms with Gasteiger partial charge in [0, 0.05) is 6.42 Å². The van der Waals surface area contributed by atoms with Crippen LogP contribution >= 0.6 is 0 Å². The average molecular weight is 840 g/mol. The summed E-state index contributed by atoms with van der Waals surface area (Å²) >= 11 is 0. The number of carbonyl (C=O) groups is 1. The van der Waals surface area contributed by atoms with Gasteiger partial charge in [0.25, 0.3) is 0 Å². The lowest BCUT2D eigenvalue weighted by atomic mass is 9.99. The smallest absolute Gasteiger partial charge is 0.220 e. The van der Waals surface area contributed by atoms with Crippen LogP contribution in [0.25, 0.3) is 0 Å². The molecule has 1 fully saturated rings. The Morgan fingerprint density at radius 3 is 1.37 bits per heavy atom. The maximum Gasteiger partial charge on any atom is 0.220 e. The van der Waals surface area contributed by atoms with Crippen LogP contribution in [0.15, 0.2) is 12.2 Å². The van der Waals surface area contributed by atoms with Crippen LogP contribution in [0.2, 0.25) is 0 Å². The van der Waals surface area contributed by atoms with Crippen molar-refractivity contribution in [2.75, 3.05) is 13.2 Å². The number of nitrogens with one attached hydrogen (secondary N) is 1. The molecule has 0 aromatic heterocycles. The number of aliphatic hydroxyl groups excluding tert-OH is 5. The van der Waals surface area contributed by atoms with E-state index < -0.39 is 49.5 Å². The van der Waals surface area contributed by atoms with E-state index in [-0.39, 0.29) is 12.5 Å². The molecular formula is C50H97NO8. The van der Waals surface area contributed by atoms with E-state index in [9.17, 15) is 30.3 Å². The van der Waals surface area contributed by atoms with Crippen LogP contribution in [0.3, 0.4) is 0 Å². The number of ether oxygens (including phenoxy) is 2. The van der Waals surface area contributed by atoms with E-state index in [2.05, 4.69) is 31.3 Å². The quantitative estimate of drug-likeness (QED) is 0.0263. The van der Waals surface area contributed by atoms with Gasteiger partial charge >= 0.3 is 0 Å². The lowest BCUT2D eigenvalue weighted by molar-refractivity contribution is -0.302. The molecule has 7 unspecified atom stereocenters. The Bertz CT molecular complexity index is 935. The van der Waals surface area contributed by atoms with Crippen LogP contribution in [-0.2, 0) is 14.3 Å². The van der Waals surface area contributed by atoms with Gasteiger partial charge in [0.2, 0.25) is 5.91 Å². The number of amides is 1. The Kier molecular flexibility index (Phi) is 38.9. The molecule has 350 valence electrons. The fraction of sp³-hybridized carbons (Fsp3) is 0.940. The monoisotopic (exact) mass is 840 g/mol. The number of aliphatic hydroxyl groups is 5. The largest absolute Gasteiger partial charge is 0.394 e. The van der Waals surface area contributed by atoms with Crippen molar-refractivity contribution in [3.63, 3.8) is 0 Å². The van der Waals surface area contributed by atoms with Crippen LogP contribution in [0, 0.1) is 0 Å². The molecule has 1 aliphatic heterocycles. The molecule has 1 heterocycles. The molecule has 1 rings (SSSR count). The van der Waals surface area contributed by atoms with E-state index in [1.165, 1.54) is 167 Å². The van der Waals surface area contributed by atoms with E-state index in [1.54, 1.807) is 0 Å². The van der Waals surface area contributed by atoms with Crippen molar-refractivity contribution in [1.29, 1.82) is 0 Å². The summed E-state index contributed by atoms with van der Waals surface area (Å²) in [6.07, 6.45) is 40.9. The van der Waals surface area contributed by atoms with Gasteiger partial charge in [-0.15, -0.1) is 0 Å². The topological polar surface area (TPSA) is 149 Å². The minimum Gasteiger partial charge on any atom is -0.394 e. The molecule has 0 spiro atoms. The molecule has 59 heavy (non-hydrogen) atoms. The van der Waals surface area contributed by atoms with Gasteiger partial charge in [-0.1, -0.05) is 212 Å². The minimum atomic E-state index is -1.55.